The molecule has 1 heterocycles. The predicted molar refractivity (Wildman–Crippen MR) is 184 cm³/mol. The molecule has 0 saturated carbocycles. The summed E-state index contributed by atoms with van der Waals surface area (Å²) < 4.78 is 6.55. The van der Waals surface area contributed by atoms with E-state index in [4.69, 9.17) is 4.74 Å². The Morgan fingerprint density at radius 1 is 0.422 bits per heavy atom. The van der Waals surface area contributed by atoms with Crippen molar-refractivity contribution in [1.29, 1.82) is 0 Å². The Morgan fingerprint density at radius 3 is 1.80 bits per heavy atom. The van der Waals surface area contributed by atoms with Crippen molar-refractivity contribution >= 4 is 10.8 Å². The van der Waals surface area contributed by atoms with Crippen LogP contribution in [0.4, 0.5) is 0 Å². The molecule has 212 valence electrons. The van der Waals surface area contributed by atoms with E-state index >= 15 is 0 Å². The lowest BCUT2D eigenvalue weighted by molar-refractivity contribution is 0.418. The van der Waals surface area contributed by atoms with E-state index in [0.717, 1.165) is 11.5 Å². The molecular weight excluding hydrogens is 544 g/mol. The maximum atomic E-state index is 6.55. The minimum atomic E-state index is -0.402. The first-order chi connectivity index (χ1) is 22.1. The van der Waals surface area contributed by atoms with Gasteiger partial charge in [0.25, 0.3) is 0 Å². The third-order valence-corrected chi connectivity index (χ3v) is 10.7. The number of fused-ring (bicyclic) bond motifs is 14. The Morgan fingerprint density at radius 2 is 1.00 bits per heavy atom. The second-order valence-corrected chi connectivity index (χ2v) is 13.2. The zero-order chi connectivity index (χ0) is 29.9. The standard InChI is InChI=1S/C44H30O/c1-43(2)37-17-9-10-18-40(37)45-41-26-29(21-24-38(41)43)28-20-22-33-34-23-19-27-11-3-4-12-30(27)42(34)44(39(33)25-28)35-15-7-5-13-31(35)32-14-6-8-16-36(32)44/h3-26H,1-2H3. The second-order valence-electron chi connectivity index (χ2n) is 13.2. The molecule has 7 aromatic carbocycles. The van der Waals surface area contributed by atoms with E-state index in [1.54, 1.807) is 0 Å². The normalized spacial score (nSPS) is 15.4. The smallest absolute Gasteiger partial charge is 0.132 e. The van der Waals surface area contributed by atoms with Crippen molar-refractivity contribution in [2.24, 2.45) is 0 Å². The van der Waals surface area contributed by atoms with Crippen LogP contribution in [0.15, 0.2) is 146 Å². The van der Waals surface area contributed by atoms with Crippen LogP contribution in [0.5, 0.6) is 11.5 Å². The molecular formula is C44H30O. The number of rotatable bonds is 1. The third kappa shape index (κ3) is 3.08. The fraction of sp³-hybridized carbons (Fsp3) is 0.0909. The summed E-state index contributed by atoms with van der Waals surface area (Å²) in [4.78, 5) is 0. The van der Waals surface area contributed by atoms with Crippen molar-refractivity contribution in [2.45, 2.75) is 24.7 Å². The summed E-state index contributed by atoms with van der Waals surface area (Å²) >= 11 is 0. The van der Waals surface area contributed by atoms with E-state index in [-0.39, 0.29) is 5.41 Å². The first-order valence-corrected chi connectivity index (χ1v) is 15.9. The Balaban J connectivity index is 1.25. The van der Waals surface area contributed by atoms with E-state index in [1.165, 1.54) is 77.5 Å². The molecule has 1 nitrogen and oxygen atoms in total. The van der Waals surface area contributed by atoms with Gasteiger partial charge in [-0.2, -0.15) is 0 Å². The highest BCUT2D eigenvalue weighted by atomic mass is 16.5. The van der Waals surface area contributed by atoms with E-state index in [0.29, 0.717) is 0 Å². The van der Waals surface area contributed by atoms with Crippen molar-refractivity contribution in [2.75, 3.05) is 0 Å². The van der Waals surface area contributed by atoms with Gasteiger partial charge in [-0.05, 0) is 84.6 Å². The van der Waals surface area contributed by atoms with Crippen LogP contribution in [0.3, 0.4) is 0 Å². The summed E-state index contributed by atoms with van der Waals surface area (Å²) in [6, 6.07) is 54.0. The Labute approximate surface area is 263 Å². The lowest BCUT2D eigenvalue weighted by atomic mass is 9.69. The number of hydrogen-bond donors (Lipinski definition) is 0. The van der Waals surface area contributed by atoms with Crippen LogP contribution < -0.4 is 4.74 Å². The number of hydrogen-bond acceptors (Lipinski definition) is 1. The topological polar surface area (TPSA) is 9.23 Å². The van der Waals surface area contributed by atoms with Crippen molar-refractivity contribution < 1.29 is 4.74 Å². The number of benzene rings is 7. The SMILES string of the molecule is CC1(C)c2ccccc2Oc2cc(-c3ccc4c(c3)C3(c5ccccc5-c5ccccc53)c3c-4ccc4ccccc34)ccc21. The fourth-order valence-corrected chi connectivity index (χ4v) is 8.74. The van der Waals surface area contributed by atoms with Crippen LogP contribution >= 0.6 is 0 Å². The van der Waals surface area contributed by atoms with Gasteiger partial charge in [0, 0.05) is 16.5 Å². The monoisotopic (exact) mass is 574 g/mol. The highest BCUT2D eigenvalue weighted by Gasteiger charge is 2.52. The lowest BCUT2D eigenvalue weighted by Gasteiger charge is -2.34. The molecule has 1 aliphatic heterocycles. The predicted octanol–water partition coefficient (Wildman–Crippen LogP) is 11.3. The van der Waals surface area contributed by atoms with Crippen molar-refractivity contribution in [3.63, 3.8) is 0 Å². The Hall–Kier alpha value is -5.40. The Kier molecular flexibility index (Phi) is 4.78. The van der Waals surface area contributed by atoms with Crippen LogP contribution in [-0.4, -0.2) is 0 Å². The molecule has 0 bridgehead atoms. The molecule has 1 heteroatoms. The fourth-order valence-electron chi connectivity index (χ4n) is 8.74. The maximum Gasteiger partial charge on any atom is 0.132 e. The highest BCUT2D eigenvalue weighted by Crippen LogP contribution is 2.64. The minimum absolute atomic E-state index is 0.134. The van der Waals surface area contributed by atoms with Gasteiger partial charge in [-0.15, -0.1) is 0 Å². The zero-order valence-corrected chi connectivity index (χ0v) is 25.3. The zero-order valence-electron chi connectivity index (χ0n) is 25.3. The molecule has 0 amide bonds. The summed E-state index contributed by atoms with van der Waals surface area (Å²) in [5.41, 5.74) is 15.1. The van der Waals surface area contributed by atoms with Crippen molar-refractivity contribution in [3.8, 4) is 44.9 Å². The summed E-state index contributed by atoms with van der Waals surface area (Å²) in [5.74, 6) is 1.89. The van der Waals surface area contributed by atoms with Gasteiger partial charge in [0.05, 0.1) is 5.41 Å². The summed E-state index contributed by atoms with van der Waals surface area (Å²) in [7, 11) is 0. The number of ether oxygens (including phenoxy) is 1. The van der Waals surface area contributed by atoms with Crippen LogP contribution in [0.1, 0.15) is 47.2 Å². The van der Waals surface area contributed by atoms with E-state index in [2.05, 4.69) is 159 Å². The van der Waals surface area contributed by atoms with E-state index < -0.39 is 5.41 Å². The molecule has 0 atom stereocenters. The first-order valence-electron chi connectivity index (χ1n) is 15.9. The molecule has 10 rings (SSSR count). The van der Waals surface area contributed by atoms with Gasteiger partial charge in [0.2, 0.25) is 0 Å². The lowest BCUT2D eigenvalue weighted by Crippen LogP contribution is -2.26. The van der Waals surface area contributed by atoms with Gasteiger partial charge in [-0.1, -0.05) is 141 Å². The largest absolute Gasteiger partial charge is 0.457 e. The average molecular weight is 575 g/mol. The second kappa shape index (κ2) is 8.61. The summed E-state index contributed by atoms with van der Waals surface area (Å²) in [6.07, 6.45) is 0. The van der Waals surface area contributed by atoms with Crippen LogP contribution in [0.25, 0.3) is 44.2 Å². The van der Waals surface area contributed by atoms with Gasteiger partial charge < -0.3 is 4.74 Å². The molecule has 45 heavy (non-hydrogen) atoms. The molecule has 0 aromatic heterocycles. The van der Waals surface area contributed by atoms with Crippen molar-refractivity contribution in [1.82, 2.24) is 0 Å². The van der Waals surface area contributed by atoms with Crippen molar-refractivity contribution in [3.05, 3.63) is 179 Å². The maximum absolute atomic E-state index is 6.55. The van der Waals surface area contributed by atoms with Gasteiger partial charge in [0.15, 0.2) is 0 Å². The number of para-hydroxylation sites is 1. The van der Waals surface area contributed by atoms with E-state index in [1.807, 2.05) is 0 Å². The molecule has 1 spiro atoms. The third-order valence-electron chi connectivity index (χ3n) is 10.7. The molecule has 7 aromatic rings. The average Bonchev–Trinajstić information content (AvgIpc) is 3.55. The molecule has 0 saturated heterocycles. The molecule has 0 unspecified atom stereocenters. The highest BCUT2D eigenvalue weighted by molar-refractivity contribution is 6.04. The molecule has 0 fully saturated rings. The Bertz CT molecular complexity index is 2340. The summed E-state index contributed by atoms with van der Waals surface area (Å²) in [6.45, 7) is 4.59. The first kappa shape index (κ1) is 25.0. The van der Waals surface area contributed by atoms with Gasteiger partial charge >= 0.3 is 0 Å². The van der Waals surface area contributed by atoms with Gasteiger partial charge in [-0.25, -0.2) is 0 Å². The van der Waals surface area contributed by atoms with E-state index in [9.17, 15) is 0 Å². The molecule has 0 N–H and O–H groups in total. The minimum Gasteiger partial charge on any atom is -0.457 e. The molecule has 3 aliphatic rings. The van der Waals surface area contributed by atoms with Crippen LogP contribution in [0, 0.1) is 0 Å². The summed E-state index contributed by atoms with van der Waals surface area (Å²) in [5, 5.41) is 2.60. The van der Waals surface area contributed by atoms with Crippen LogP contribution in [-0.2, 0) is 10.8 Å². The molecule has 0 radical (unpaired) electrons. The van der Waals surface area contributed by atoms with Gasteiger partial charge in [-0.3, -0.25) is 0 Å². The van der Waals surface area contributed by atoms with Gasteiger partial charge in [0.1, 0.15) is 11.5 Å². The van der Waals surface area contributed by atoms with Crippen LogP contribution in [0.2, 0.25) is 0 Å². The molecule has 2 aliphatic carbocycles. The quantitative estimate of drug-likeness (QED) is 0.189.